The van der Waals surface area contributed by atoms with Crippen molar-refractivity contribution < 1.29 is 22.0 Å². The summed E-state index contributed by atoms with van der Waals surface area (Å²) in [5.41, 5.74) is 2.34. The molecule has 1 heterocycles. The monoisotopic (exact) mass is 399 g/mol. The van der Waals surface area contributed by atoms with Crippen molar-refractivity contribution in [2.45, 2.75) is 11.4 Å². The van der Waals surface area contributed by atoms with Crippen LogP contribution in [0.4, 0.5) is 8.78 Å². The zero-order valence-electron chi connectivity index (χ0n) is 14.8. The normalized spacial score (nSPS) is 13.3. The van der Waals surface area contributed by atoms with Gasteiger partial charge in [0.25, 0.3) is 5.91 Å². The van der Waals surface area contributed by atoms with Gasteiger partial charge >= 0.3 is 0 Å². The summed E-state index contributed by atoms with van der Waals surface area (Å²) in [6.07, 6.45) is 1.10. The molecule has 1 aliphatic rings. The Morgan fingerprint density at radius 2 is 1.57 bits per heavy atom. The highest BCUT2D eigenvalue weighted by molar-refractivity contribution is 7.90. The summed E-state index contributed by atoms with van der Waals surface area (Å²) in [4.78, 5) is 12.2. The highest BCUT2D eigenvalue weighted by Gasteiger charge is 2.25. The molecule has 1 N–H and O–H groups in total. The molecule has 4 nitrogen and oxygen atoms in total. The van der Waals surface area contributed by atoms with Crippen molar-refractivity contribution in [2.24, 2.45) is 0 Å². The second kappa shape index (κ2) is 6.53. The van der Waals surface area contributed by atoms with Crippen molar-refractivity contribution >= 4 is 15.7 Å². The molecule has 3 aromatic carbocycles. The maximum Gasteiger partial charge on any atom is 0.251 e. The van der Waals surface area contributed by atoms with Gasteiger partial charge in [-0.2, -0.15) is 0 Å². The van der Waals surface area contributed by atoms with E-state index >= 15 is 0 Å². The Morgan fingerprint density at radius 1 is 0.857 bits per heavy atom. The number of benzene rings is 3. The molecule has 3 aromatic rings. The molecule has 0 radical (unpaired) electrons. The predicted molar refractivity (Wildman–Crippen MR) is 102 cm³/mol. The molecule has 0 fully saturated rings. The van der Waals surface area contributed by atoms with Crippen LogP contribution in [0.2, 0.25) is 0 Å². The third-order valence-corrected chi connectivity index (χ3v) is 5.88. The number of rotatable bonds is 3. The van der Waals surface area contributed by atoms with Gasteiger partial charge in [0.1, 0.15) is 11.6 Å². The van der Waals surface area contributed by atoms with E-state index in [1.54, 1.807) is 24.3 Å². The summed E-state index contributed by atoms with van der Waals surface area (Å²) in [6.45, 7) is 0.300. The molecule has 0 unspecified atom stereocenters. The maximum atomic E-state index is 14.6. The van der Waals surface area contributed by atoms with Gasteiger partial charge in [0.05, 0.1) is 4.90 Å². The Labute approximate surface area is 160 Å². The highest BCUT2D eigenvalue weighted by atomic mass is 32.2. The van der Waals surface area contributed by atoms with Crippen molar-refractivity contribution in [1.82, 2.24) is 5.32 Å². The first-order valence-electron chi connectivity index (χ1n) is 8.45. The molecule has 1 amide bonds. The molecule has 7 heteroatoms. The second-order valence-electron chi connectivity index (χ2n) is 6.63. The average molecular weight is 399 g/mol. The minimum atomic E-state index is -3.56. The Morgan fingerprint density at radius 3 is 2.29 bits per heavy atom. The summed E-state index contributed by atoms with van der Waals surface area (Å²) in [5, 5.41) is 2.70. The maximum absolute atomic E-state index is 14.6. The van der Waals surface area contributed by atoms with Gasteiger partial charge in [-0.05, 0) is 47.0 Å². The number of hydrogen-bond acceptors (Lipinski definition) is 3. The molecule has 0 bridgehead atoms. The zero-order valence-corrected chi connectivity index (χ0v) is 15.6. The van der Waals surface area contributed by atoms with Gasteiger partial charge < -0.3 is 5.32 Å². The van der Waals surface area contributed by atoms with Crippen molar-refractivity contribution in [3.63, 3.8) is 0 Å². The zero-order chi connectivity index (χ0) is 20.1. The molecule has 4 rings (SSSR count). The smallest absolute Gasteiger partial charge is 0.251 e. The van der Waals surface area contributed by atoms with E-state index in [-0.39, 0.29) is 16.4 Å². The molecule has 0 atom stereocenters. The van der Waals surface area contributed by atoms with Crippen molar-refractivity contribution in [3.8, 4) is 22.3 Å². The van der Waals surface area contributed by atoms with E-state index in [1.165, 1.54) is 18.2 Å². The number of amides is 1. The lowest BCUT2D eigenvalue weighted by molar-refractivity contribution is 0.0965. The Bertz CT molecular complexity index is 1240. The van der Waals surface area contributed by atoms with E-state index in [4.69, 9.17) is 0 Å². The topological polar surface area (TPSA) is 63.2 Å². The van der Waals surface area contributed by atoms with Gasteiger partial charge in [0.2, 0.25) is 0 Å². The SMILES string of the molecule is CS(=O)(=O)c1ccccc1-c1cc2c(cc1-c1ccc(F)cc1F)C(=O)NC2. The van der Waals surface area contributed by atoms with Crippen LogP contribution in [0.25, 0.3) is 22.3 Å². The van der Waals surface area contributed by atoms with E-state index in [1.807, 2.05) is 0 Å². The lowest BCUT2D eigenvalue weighted by Crippen LogP contribution is -2.12. The van der Waals surface area contributed by atoms with E-state index in [0.717, 1.165) is 18.4 Å². The van der Waals surface area contributed by atoms with Gasteiger partial charge in [-0.25, -0.2) is 17.2 Å². The largest absolute Gasteiger partial charge is 0.348 e. The third kappa shape index (κ3) is 3.07. The number of carbonyl (C=O) groups excluding carboxylic acids is 1. The van der Waals surface area contributed by atoms with Crippen LogP contribution < -0.4 is 5.32 Å². The number of hydrogen-bond donors (Lipinski definition) is 1. The van der Waals surface area contributed by atoms with E-state index in [2.05, 4.69) is 5.32 Å². The van der Waals surface area contributed by atoms with E-state index < -0.39 is 21.5 Å². The fourth-order valence-corrected chi connectivity index (χ4v) is 4.34. The second-order valence-corrected chi connectivity index (χ2v) is 8.61. The van der Waals surface area contributed by atoms with Crippen LogP contribution in [0.3, 0.4) is 0 Å². The van der Waals surface area contributed by atoms with Crippen LogP contribution in [-0.2, 0) is 16.4 Å². The van der Waals surface area contributed by atoms with Gasteiger partial charge in [0.15, 0.2) is 9.84 Å². The first-order valence-corrected chi connectivity index (χ1v) is 10.3. The number of carbonyl (C=O) groups is 1. The standard InChI is InChI=1S/C21H15F2NO3S/c1-28(26,27)20-5-3-2-4-15(20)17-8-12-11-24-21(25)16(12)10-18(17)14-7-6-13(22)9-19(14)23/h2-10H,11H2,1H3,(H,24,25). The minimum absolute atomic E-state index is 0.0854. The van der Waals surface area contributed by atoms with Crippen LogP contribution in [0, 0.1) is 11.6 Å². The number of sulfone groups is 1. The molecule has 0 saturated carbocycles. The Kier molecular flexibility index (Phi) is 4.27. The molecule has 0 saturated heterocycles. The van der Waals surface area contributed by atoms with Crippen LogP contribution in [0.15, 0.2) is 59.5 Å². The van der Waals surface area contributed by atoms with Gasteiger partial charge in [0, 0.05) is 35.6 Å². The molecule has 1 aliphatic heterocycles. The lowest BCUT2D eigenvalue weighted by Gasteiger charge is -2.16. The van der Waals surface area contributed by atoms with Gasteiger partial charge in [-0.1, -0.05) is 18.2 Å². The van der Waals surface area contributed by atoms with Gasteiger partial charge in [-0.15, -0.1) is 0 Å². The molecule has 0 spiro atoms. The van der Waals surface area contributed by atoms with Crippen molar-refractivity contribution in [2.75, 3.05) is 6.26 Å². The summed E-state index contributed by atoms with van der Waals surface area (Å²) in [7, 11) is -3.56. The number of nitrogens with one attached hydrogen (secondary N) is 1. The number of halogens is 2. The van der Waals surface area contributed by atoms with E-state index in [0.29, 0.717) is 34.4 Å². The van der Waals surface area contributed by atoms with Crippen LogP contribution in [0.5, 0.6) is 0 Å². The molecular weight excluding hydrogens is 384 g/mol. The summed E-state index contributed by atoms with van der Waals surface area (Å²) in [6, 6.07) is 12.8. The predicted octanol–water partition coefficient (Wildman–Crippen LogP) is 3.95. The van der Waals surface area contributed by atoms with Crippen molar-refractivity contribution in [1.29, 1.82) is 0 Å². The fourth-order valence-electron chi connectivity index (χ4n) is 3.44. The number of fused-ring (bicyclic) bond motifs is 1. The molecular formula is C21H15F2NO3S. The van der Waals surface area contributed by atoms with E-state index in [9.17, 15) is 22.0 Å². The molecule has 0 aliphatic carbocycles. The van der Waals surface area contributed by atoms with Crippen LogP contribution in [0.1, 0.15) is 15.9 Å². The summed E-state index contributed by atoms with van der Waals surface area (Å²) < 4.78 is 52.5. The first-order chi connectivity index (χ1) is 13.3. The first kappa shape index (κ1) is 18.3. The van der Waals surface area contributed by atoms with Crippen molar-refractivity contribution in [3.05, 3.63) is 77.4 Å². The third-order valence-electron chi connectivity index (χ3n) is 4.73. The Hall–Kier alpha value is -3.06. The van der Waals surface area contributed by atoms with Crippen LogP contribution in [-0.4, -0.2) is 20.6 Å². The summed E-state index contributed by atoms with van der Waals surface area (Å²) in [5.74, 6) is -1.81. The quantitative estimate of drug-likeness (QED) is 0.726. The molecule has 142 valence electrons. The Balaban J connectivity index is 2.08. The fraction of sp³-hybridized carbons (Fsp3) is 0.0952. The minimum Gasteiger partial charge on any atom is -0.348 e. The van der Waals surface area contributed by atoms with Gasteiger partial charge in [-0.3, -0.25) is 4.79 Å². The molecule has 0 aromatic heterocycles. The molecule has 28 heavy (non-hydrogen) atoms. The average Bonchev–Trinajstić information content (AvgIpc) is 3.00. The summed E-state index contributed by atoms with van der Waals surface area (Å²) >= 11 is 0. The lowest BCUT2D eigenvalue weighted by atomic mass is 9.90. The highest BCUT2D eigenvalue weighted by Crippen LogP contribution is 2.39. The van der Waals surface area contributed by atoms with Crippen LogP contribution >= 0.6 is 0 Å².